The highest BCUT2D eigenvalue weighted by Crippen LogP contribution is 2.44. The van der Waals surface area contributed by atoms with Crippen molar-refractivity contribution in [1.29, 1.82) is 0 Å². The van der Waals surface area contributed by atoms with E-state index in [0.717, 1.165) is 12.8 Å². The molecule has 6 nitrogen and oxygen atoms in total. The first-order valence-electron chi connectivity index (χ1n) is 5.61. The van der Waals surface area contributed by atoms with E-state index in [4.69, 9.17) is 0 Å². The van der Waals surface area contributed by atoms with Crippen molar-refractivity contribution >= 4 is 11.8 Å². The van der Waals surface area contributed by atoms with Crippen LogP contribution in [0.1, 0.15) is 19.3 Å². The van der Waals surface area contributed by atoms with Gasteiger partial charge in [0.05, 0.1) is 0 Å². The second kappa shape index (κ2) is 3.94. The van der Waals surface area contributed by atoms with Crippen LogP contribution in [-0.2, 0) is 29.1 Å². The molecule has 0 aromatic carbocycles. The topological polar surface area (TPSA) is 71.1 Å². The molecule has 0 aromatic heterocycles. The summed E-state index contributed by atoms with van der Waals surface area (Å²) in [7, 11) is 0. The third-order valence-electron chi connectivity index (χ3n) is 3.64. The highest BCUT2D eigenvalue weighted by Gasteiger charge is 2.59. The molecule has 2 bridgehead atoms. The zero-order chi connectivity index (χ0) is 12.9. The Morgan fingerprint density at radius 2 is 2.06 bits per heavy atom. The predicted molar refractivity (Wildman–Crippen MR) is 47.7 cm³/mol. The Morgan fingerprint density at radius 3 is 2.56 bits per heavy atom. The Kier molecular flexibility index (Phi) is 2.61. The summed E-state index contributed by atoms with van der Waals surface area (Å²) >= 11 is 0. The number of Topliss-reactive ketones (excluding diaryl/α,β-unsaturated/α-hetero) is 1. The van der Waals surface area contributed by atoms with Gasteiger partial charge in [0.2, 0.25) is 0 Å². The number of carbonyl (C=O) groups excluding carboxylic acids is 2. The number of alkyl halides is 2. The number of halogens is 2. The van der Waals surface area contributed by atoms with Crippen molar-refractivity contribution in [2.45, 2.75) is 37.6 Å². The summed E-state index contributed by atoms with van der Waals surface area (Å²) in [6, 6.07) is 0. The highest BCUT2D eigenvalue weighted by molar-refractivity contribution is 5.91. The molecular weight excluding hydrogens is 254 g/mol. The van der Waals surface area contributed by atoms with Crippen molar-refractivity contribution in [1.82, 2.24) is 0 Å². The number of fused-ring (bicyclic) bond motifs is 2. The van der Waals surface area contributed by atoms with Crippen molar-refractivity contribution in [3.05, 3.63) is 0 Å². The molecule has 1 saturated heterocycles. The molecule has 0 aromatic rings. The van der Waals surface area contributed by atoms with Crippen LogP contribution in [0.25, 0.3) is 0 Å². The highest BCUT2D eigenvalue weighted by atomic mass is 19.3. The Bertz CT molecular complexity index is 394. The van der Waals surface area contributed by atoms with Gasteiger partial charge in [0.1, 0.15) is 0 Å². The van der Waals surface area contributed by atoms with Gasteiger partial charge in [0.15, 0.2) is 11.9 Å². The van der Waals surface area contributed by atoms with Crippen molar-refractivity contribution in [2.24, 2.45) is 11.8 Å². The van der Waals surface area contributed by atoms with Crippen LogP contribution in [0.3, 0.4) is 0 Å². The van der Waals surface area contributed by atoms with Crippen molar-refractivity contribution in [2.75, 3.05) is 0 Å². The number of esters is 1. The lowest BCUT2D eigenvalue weighted by Crippen LogP contribution is -2.52. The monoisotopic (exact) mass is 264 g/mol. The maximum Gasteiger partial charge on any atom is 0.398 e. The minimum atomic E-state index is -3.99. The van der Waals surface area contributed by atoms with Gasteiger partial charge in [0.25, 0.3) is 0 Å². The molecule has 2 saturated carbocycles. The van der Waals surface area contributed by atoms with Gasteiger partial charge in [-0.1, -0.05) is 5.04 Å². The summed E-state index contributed by atoms with van der Waals surface area (Å²) in [6.07, 6.45) is -1.08. The molecule has 1 aliphatic heterocycles. The van der Waals surface area contributed by atoms with E-state index < -0.39 is 24.3 Å². The maximum absolute atomic E-state index is 13.4. The molecule has 0 N–H and O–H groups in total. The Balaban J connectivity index is 1.66. The molecule has 0 radical (unpaired) electrons. The number of hydrogen-bond donors (Lipinski definition) is 0. The van der Waals surface area contributed by atoms with E-state index >= 15 is 0 Å². The van der Waals surface area contributed by atoms with E-state index in [1.807, 2.05) is 0 Å². The molecule has 3 aliphatic rings. The van der Waals surface area contributed by atoms with Gasteiger partial charge in [0, 0.05) is 11.8 Å². The lowest BCUT2D eigenvalue weighted by Gasteiger charge is -2.29. The Hall–Kier alpha value is -1.12. The lowest BCUT2D eigenvalue weighted by molar-refractivity contribution is -0.706. The Labute approximate surface area is 100.0 Å². The maximum atomic E-state index is 13.4. The molecule has 8 heteroatoms. The largest absolute Gasteiger partial charge is 0.449 e. The molecule has 18 heavy (non-hydrogen) atoms. The fourth-order valence-corrected chi connectivity index (χ4v) is 2.66. The minimum absolute atomic E-state index is 0.137. The fraction of sp³-hybridized carbons (Fsp3) is 0.800. The van der Waals surface area contributed by atoms with E-state index in [1.54, 1.807) is 0 Å². The summed E-state index contributed by atoms with van der Waals surface area (Å²) in [4.78, 5) is 30.8. The predicted octanol–water partition coefficient (Wildman–Crippen LogP) is 0.752. The SMILES string of the molecule is O=C1C2CCC(C2)C1OC(=O)C(F)(F)C1OOO1. The average Bonchev–Trinajstić information content (AvgIpc) is 2.78. The second-order valence-corrected chi connectivity index (χ2v) is 4.71. The van der Waals surface area contributed by atoms with Gasteiger partial charge in [-0.2, -0.15) is 18.6 Å². The van der Waals surface area contributed by atoms with Crippen molar-refractivity contribution in [3.63, 3.8) is 0 Å². The lowest BCUT2D eigenvalue weighted by atomic mass is 9.96. The average molecular weight is 264 g/mol. The van der Waals surface area contributed by atoms with Crippen LogP contribution in [0.15, 0.2) is 0 Å². The van der Waals surface area contributed by atoms with Crippen LogP contribution in [0.5, 0.6) is 0 Å². The quantitative estimate of drug-likeness (QED) is 0.553. The number of rotatable bonds is 3. The third-order valence-corrected chi connectivity index (χ3v) is 3.64. The van der Waals surface area contributed by atoms with Crippen LogP contribution < -0.4 is 0 Å². The molecule has 3 atom stereocenters. The van der Waals surface area contributed by atoms with E-state index in [9.17, 15) is 18.4 Å². The first-order chi connectivity index (χ1) is 8.50. The molecule has 3 fully saturated rings. The zero-order valence-electron chi connectivity index (χ0n) is 9.14. The van der Waals surface area contributed by atoms with Crippen LogP contribution in [0.4, 0.5) is 8.78 Å². The van der Waals surface area contributed by atoms with Gasteiger partial charge < -0.3 is 4.74 Å². The molecule has 3 rings (SSSR count). The number of ether oxygens (including phenoxy) is 1. The standard InChI is InChI=1S/C10H10F2O6/c11-10(12,9-16-18-17-9)8(14)15-7-5-2-1-4(3-5)6(7)13/h4-5,7,9H,1-3H2. The van der Waals surface area contributed by atoms with Gasteiger partial charge in [-0.15, -0.1) is 0 Å². The van der Waals surface area contributed by atoms with Crippen LogP contribution in [0.2, 0.25) is 0 Å². The number of carbonyl (C=O) groups is 2. The minimum Gasteiger partial charge on any atom is -0.449 e. The molecular formula is C10H10F2O6. The molecule has 0 spiro atoms. The molecule has 3 unspecified atom stereocenters. The summed E-state index contributed by atoms with van der Waals surface area (Å²) in [5, 5.41) is 3.66. The third kappa shape index (κ3) is 1.63. The first kappa shape index (κ1) is 11.9. The van der Waals surface area contributed by atoms with E-state index in [-0.39, 0.29) is 17.6 Å². The summed E-state index contributed by atoms with van der Waals surface area (Å²) in [6.45, 7) is 0. The van der Waals surface area contributed by atoms with E-state index in [2.05, 4.69) is 19.6 Å². The van der Waals surface area contributed by atoms with Crippen LogP contribution in [-0.4, -0.2) is 30.1 Å². The van der Waals surface area contributed by atoms with Crippen LogP contribution >= 0.6 is 0 Å². The molecule has 0 amide bonds. The number of hydrogen-bond acceptors (Lipinski definition) is 6. The summed E-state index contributed by atoms with van der Waals surface area (Å²) < 4.78 is 31.4. The smallest absolute Gasteiger partial charge is 0.398 e. The first-order valence-corrected chi connectivity index (χ1v) is 5.61. The zero-order valence-corrected chi connectivity index (χ0v) is 9.14. The molecule has 100 valence electrons. The van der Waals surface area contributed by atoms with Crippen LogP contribution in [0, 0.1) is 11.8 Å². The van der Waals surface area contributed by atoms with Gasteiger partial charge in [-0.25, -0.2) is 4.79 Å². The van der Waals surface area contributed by atoms with Crippen molar-refractivity contribution in [3.8, 4) is 0 Å². The molecule has 1 heterocycles. The van der Waals surface area contributed by atoms with E-state index in [1.165, 1.54) is 0 Å². The summed E-state index contributed by atoms with van der Waals surface area (Å²) in [5.74, 6) is -6.35. The molecule has 2 aliphatic carbocycles. The van der Waals surface area contributed by atoms with Gasteiger partial charge >= 0.3 is 18.2 Å². The van der Waals surface area contributed by atoms with Gasteiger partial charge in [-0.05, 0) is 19.3 Å². The summed E-state index contributed by atoms with van der Waals surface area (Å²) in [5.41, 5.74) is 0. The van der Waals surface area contributed by atoms with Crippen molar-refractivity contribution < 1.29 is 37.9 Å². The van der Waals surface area contributed by atoms with E-state index in [0.29, 0.717) is 6.42 Å². The van der Waals surface area contributed by atoms with Gasteiger partial charge in [-0.3, -0.25) is 4.79 Å². The second-order valence-electron chi connectivity index (χ2n) is 4.71. The Morgan fingerprint density at radius 1 is 1.33 bits per heavy atom. The fourth-order valence-electron chi connectivity index (χ4n) is 2.66. The normalized spacial score (nSPS) is 35.7. The number of ketones is 1.